The van der Waals surface area contributed by atoms with Gasteiger partial charge in [-0.25, -0.2) is 9.59 Å². The molecule has 118 valence electrons. The van der Waals surface area contributed by atoms with Crippen LogP contribution < -0.4 is 5.32 Å². The maximum atomic E-state index is 12.4. The molecular weight excluding hydrogens is 277 g/mol. The Morgan fingerprint density at radius 1 is 1.30 bits per heavy atom. The SMILES string of the molecule is CCCN(CC(F)(F)F)C(=O)NC(C(=O)O)C(C)CC. The maximum absolute atomic E-state index is 12.4. The number of nitrogens with one attached hydrogen (secondary N) is 1. The van der Waals surface area contributed by atoms with Crippen LogP contribution in [0.5, 0.6) is 0 Å². The number of aliphatic carboxylic acids is 1. The zero-order valence-electron chi connectivity index (χ0n) is 11.8. The highest BCUT2D eigenvalue weighted by Crippen LogP contribution is 2.17. The number of amides is 2. The van der Waals surface area contributed by atoms with Gasteiger partial charge in [0, 0.05) is 6.54 Å². The minimum Gasteiger partial charge on any atom is -0.480 e. The standard InChI is InChI=1S/C12H21F3N2O3/c1-4-6-17(7-12(13,14)15)11(20)16-9(10(18)19)8(3)5-2/h8-9H,4-7H2,1-3H3,(H,16,20)(H,18,19). The Morgan fingerprint density at radius 2 is 1.85 bits per heavy atom. The Hall–Kier alpha value is -1.47. The molecule has 2 N–H and O–H groups in total. The Balaban J connectivity index is 4.84. The number of alkyl halides is 3. The van der Waals surface area contributed by atoms with Crippen molar-refractivity contribution in [2.75, 3.05) is 13.1 Å². The zero-order chi connectivity index (χ0) is 15.9. The van der Waals surface area contributed by atoms with Gasteiger partial charge in [-0.1, -0.05) is 27.2 Å². The predicted molar refractivity (Wildman–Crippen MR) is 67.3 cm³/mol. The molecule has 0 aliphatic rings. The lowest BCUT2D eigenvalue weighted by Gasteiger charge is -2.27. The summed E-state index contributed by atoms with van der Waals surface area (Å²) < 4.78 is 37.1. The first-order valence-electron chi connectivity index (χ1n) is 6.47. The third-order valence-electron chi connectivity index (χ3n) is 2.91. The van der Waals surface area contributed by atoms with Gasteiger partial charge in [-0.05, 0) is 12.3 Å². The van der Waals surface area contributed by atoms with Gasteiger partial charge in [0.25, 0.3) is 0 Å². The van der Waals surface area contributed by atoms with Crippen molar-refractivity contribution in [2.45, 2.75) is 45.8 Å². The van der Waals surface area contributed by atoms with Crippen molar-refractivity contribution >= 4 is 12.0 Å². The highest BCUT2D eigenvalue weighted by molar-refractivity contribution is 5.82. The van der Waals surface area contributed by atoms with E-state index in [1.54, 1.807) is 20.8 Å². The monoisotopic (exact) mass is 298 g/mol. The van der Waals surface area contributed by atoms with E-state index < -0.39 is 30.8 Å². The van der Waals surface area contributed by atoms with Crippen LogP contribution in [-0.4, -0.2) is 47.3 Å². The molecule has 0 aromatic rings. The lowest BCUT2D eigenvalue weighted by molar-refractivity contribution is -0.141. The van der Waals surface area contributed by atoms with E-state index in [-0.39, 0.29) is 12.5 Å². The van der Waals surface area contributed by atoms with Crippen molar-refractivity contribution in [3.8, 4) is 0 Å². The van der Waals surface area contributed by atoms with Crippen LogP contribution in [0, 0.1) is 5.92 Å². The minimum absolute atomic E-state index is 0.0851. The average molecular weight is 298 g/mol. The molecule has 0 aliphatic heterocycles. The van der Waals surface area contributed by atoms with Crippen molar-refractivity contribution in [1.82, 2.24) is 10.2 Å². The number of hydrogen-bond acceptors (Lipinski definition) is 2. The summed E-state index contributed by atoms with van der Waals surface area (Å²) in [6.07, 6.45) is -3.67. The van der Waals surface area contributed by atoms with E-state index in [1.165, 1.54) is 0 Å². The van der Waals surface area contributed by atoms with Crippen molar-refractivity contribution in [3.05, 3.63) is 0 Å². The highest BCUT2D eigenvalue weighted by atomic mass is 19.4. The van der Waals surface area contributed by atoms with Crippen LogP contribution in [0.4, 0.5) is 18.0 Å². The smallest absolute Gasteiger partial charge is 0.406 e. The summed E-state index contributed by atoms with van der Waals surface area (Å²) in [5.41, 5.74) is 0. The van der Waals surface area contributed by atoms with Crippen LogP contribution in [0.1, 0.15) is 33.6 Å². The van der Waals surface area contributed by atoms with Gasteiger partial charge in [-0.3, -0.25) is 0 Å². The molecule has 0 heterocycles. The fraction of sp³-hybridized carbons (Fsp3) is 0.833. The molecule has 0 bridgehead atoms. The van der Waals surface area contributed by atoms with Gasteiger partial charge in [-0.15, -0.1) is 0 Å². The van der Waals surface area contributed by atoms with Crippen LogP contribution >= 0.6 is 0 Å². The molecule has 2 amide bonds. The molecule has 0 aromatic heterocycles. The molecule has 8 heteroatoms. The summed E-state index contributed by atoms with van der Waals surface area (Å²) in [6, 6.07) is -2.20. The average Bonchev–Trinajstić information content (AvgIpc) is 2.32. The summed E-state index contributed by atoms with van der Waals surface area (Å²) >= 11 is 0. The van der Waals surface area contributed by atoms with Crippen molar-refractivity contribution in [1.29, 1.82) is 0 Å². The predicted octanol–water partition coefficient (Wildman–Crippen LogP) is 2.47. The van der Waals surface area contributed by atoms with E-state index in [1.807, 2.05) is 0 Å². The molecule has 0 radical (unpaired) electrons. The van der Waals surface area contributed by atoms with Gasteiger partial charge < -0.3 is 15.3 Å². The van der Waals surface area contributed by atoms with Crippen LogP contribution in [0.3, 0.4) is 0 Å². The Morgan fingerprint density at radius 3 is 2.20 bits per heavy atom. The second kappa shape index (κ2) is 7.96. The molecule has 0 aliphatic carbocycles. The Bertz CT molecular complexity index is 334. The third-order valence-corrected chi connectivity index (χ3v) is 2.91. The van der Waals surface area contributed by atoms with Gasteiger partial charge >= 0.3 is 18.2 Å². The Kier molecular flexibility index (Phi) is 7.38. The van der Waals surface area contributed by atoms with Crippen molar-refractivity contribution in [3.63, 3.8) is 0 Å². The number of carbonyl (C=O) groups is 2. The van der Waals surface area contributed by atoms with E-state index in [4.69, 9.17) is 5.11 Å². The first-order valence-corrected chi connectivity index (χ1v) is 6.47. The van der Waals surface area contributed by atoms with Gasteiger partial charge in [0.1, 0.15) is 12.6 Å². The van der Waals surface area contributed by atoms with Gasteiger partial charge in [0.05, 0.1) is 0 Å². The number of rotatable bonds is 7. The van der Waals surface area contributed by atoms with Crippen molar-refractivity contribution < 1.29 is 27.9 Å². The second-order valence-corrected chi connectivity index (χ2v) is 4.69. The molecule has 2 atom stereocenters. The first-order chi connectivity index (χ1) is 9.12. The molecule has 0 rings (SSSR count). The quantitative estimate of drug-likeness (QED) is 0.758. The minimum atomic E-state index is -4.51. The van der Waals surface area contributed by atoms with E-state index in [2.05, 4.69) is 5.32 Å². The van der Waals surface area contributed by atoms with Crippen LogP contribution in [-0.2, 0) is 4.79 Å². The second-order valence-electron chi connectivity index (χ2n) is 4.69. The highest BCUT2D eigenvalue weighted by Gasteiger charge is 2.34. The molecule has 5 nitrogen and oxygen atoms in total. The summed E-state index contributed by atoms with van der Waals surface area (Å²) in [5, 5.41) is 11.2. The number of halogens is 3. The molecule has 0 saturated carbocycles. The van der Waals surface area contributed by atoms with Crippen LogP contribution in [0.25, 0.3) is 0 Å². The summed E-state index contributed by atoms with van der Waals surface area (Å²) in [7, 11) is 0. The van der Waals surface area contributed by atoms with Gasteiger partial charge in [0.15, 0.2) is 0 Å². The van der Waals surface area contributed by atoms with Crippen LogP contribution in [0.2, 0.25) is 0 Å². The van der Waals surface area contributed by atoms with E-state index in [0.717, 1.165) is 0 Å². The van der Waals surface area contributed by atoms with Crippen molar-refractivity contribution in [2.24, 2.45) is 5.92 Å². The fourth-order valence-electron chi connectivity index (χ4n) is 1.65. The Labute approximate surface area is 116 Å². The largest absolute Gasteiger partial charge is 0.480 e. The van der Waals surface area contributed by atoms with E-state index in [9.17, 15) is 22.8 Å². The molecule has 0 saturated heterocycles. The molecular formula is C12H21F3N2O3. The molecule has 0 fully saturated rings. The summed E-state index contributed by atoms with van der Waals surface area (Å²) in [4.78, 5) is 23.4. The molecule has 20 heavy (non-hydrogen) atoms. The third kappa shape index (κ3) is 6.63. The fourth-order valence-corrected chi connectivity index (χ4v) is 1.65. The van der Waals surface area contributed by atoms with E-state index in [0.29, 0.717) is 17.7 Å². The van der Waals surface area contributed by atoms with Gasteiger partial charge in [0.2, 0.25) is 0 Å². The summed E-state index contributed by atoms with van der Waals surface area (Å²) in [5.74, 6) is -1.62. The molecule has 2 unspecified atom stereocenters. The number of hydrogen-bond donors (Lipinski definition) is 2. The number of urea groups is 1. The van der Waals surface area contributed by atoms with E-state index >= 15 is 0 Å². The topological polar surface area (TPSA) is 69.6 Å². The number of carboxylic acid groups (broad SMARTS) is 1. The zero-order valence-corrected chi connectivity index (χ0v) is 11.8. The number of carboxylic acids is 1. The van der Waals surface area contributed by atoms with Gasteiger partial charge in [-0.2, -0.15) is 13.2 Å². The number of nitrogens with zero attached hydrogens (tertiary/aromatic N) is 1. The maximum Gasteiger partial charge on any atom is 0.406 e. The summed E-state index contributed by atoms with van der Waals surface area (Å²) in [6.45, 7) is 3.52. The molecule has 0 spiro atoms. The lowest BCUT2D eigenvalue weighted by atomic mass is 9.99. The van der Waals surface area contributed by atoms with Crippen LogP contribution in [0.15, 0.2) is 0 Å². The number of carbonyl (C=O) groups excluding carboxylic acids is 1. The first kappa shape index (κ1) is 18.5. The molecule has 0 aromatic carbocycles. The lowest BCUT2D eigenvalue weighted by Crippen LogP contribution is -2.52. The normalized spacial score (nSPS) is 14.5.